The molecule has 0 saturated heterocycles. The van der Waals surface area contributed by atoms with Gasteiger partial charge in [0.1, 0.15) is 5.69 Å². The van der Waals surface area contributed by atoms with Crippen LogP contribution in [0, 0.1) is 0 Å². The van der Waals surface area contributed by atoms with Gasteiger partial charge >= 0.3 is 0 Å². The molecule has 0 spiro atoms. The summed E-state index contributed by atoms with van der Waals surface area (Å²) >= 11 is 0. The number of aliphatic imine (C=N–C) groups is 1. The Balaban J connectivity index is 2.66. The number of benzene rings is 2. The van der Waals surface area contributed by atoms with Gasteiger partial charge in [0.25, 0.3) is 0 Å². The van der Waals surface area contributed by atoms with Crippen LogP contribution in [0.1, 0.15) is 25.0 Å². The lowest BCUT2D eigenvalue weighted by atomic mass is 9.97. The van der Waals surface area contributed by atoms with E-state index in [-0.39, 0.29) is 0 Å². The van der Waals surface area contributed by atoms with Crippen molar-refractivity contribution in [2.45, 2.75) is 26.7 Å². The minimum atomic E-state index is 0.797. The van der Waals surface area contributed by atoms with Gasteiger partial charge in [-0.1, -0.05) is 38.1 Å². The van der Waals surface area contributed by atoms with E-state index in [0.29, 0.717) is 0 Å². The molecule has 0 radical (unpaired) electrons. The Kier molecular flexibility index (Phi) is 4.57. The molecule has 2 rings (SSSR count). The number of aryl methyl sites for hydroxylation is 2. The summed E-state index contributed by atoms with van der Waals surface area (Å²) in [5.41, 5.74) is 5.62. The molecule has 0 aromatic heterocycles. The van der Waals surface area contributed by atoms with Crippen molar-refractivity contribution < 1.29 is 4.74 Å². The van der Waals surface area contributed by atoms with E-state index >= 15 is 0 Å². The van der Waals surface area contributed by atoms with Crippen molar-refractivity contribution in [2.75, 3.05) is 7.11 Å². The molecule has 0 N–H and O–H groups in total. The summed E-state index contributed by atoms with van der Waals surface area (Å²) in [6.45, 7) is 7.96. The molecular weight excluding hydrogens is 246 g/mol. The Labute approximate surface area is 121 Å². The van der Waals surface area contributed by atoms with Crippen molar-refractivity contribution in [3.05, 3.63) is 47.5 Å². The van der Waals surface area contributed by atoms with E-state index in [9.17, 15) is 0 Å². The predicted molar refractivity (Wildman–Crippen MR) is 86.4 cm³/mol. The fourth-order valence-corrected chi connectivity index (χ4v) is 2.38. The third-order valence-corrected chi connectivity index (χ3v) is 3.56. The van der Waals surface area contributed by atoms with Crippen LogP contribution in [0.2, 0.25) is 0 Å². The van der Waals surface area contributed by atoms with E-state index in [1.165, 1.54) is 16.7 Å². The number of ether oxygens (including phenoxy) is 1. The fraction of sp³-hybridized carbons (Fsp3) is 0.278. The molecule has 0 bridgehead atoms. The molecule has 20 heavy (non-hydrogen) atoms. The van der Waals surface area contributed by atoms with Gasteiger partial charge in [0.15, 0.2) is 5.75 Å². The summed E-state index contributed by atoms with van der Waals surface area (Å²) in [5.74, 6) is 0.797. The Morgan fingerprint density at radius 2 is 1.80 bits per heavy atom. The van der Waals surface area contributed by atoms with Gasteiger partial charge < -0.3 is 4.74 Å². The molecule has 0 saturated carbocycles. The smallest absolute Gasteiger partial charge is 0.152 e. The third-order valence-electron chi connectivity index (χ3n) is 3.56. The van der Waals surface area contributed by atoms with Crippen LogP contribution in [-0.4, -0.2) is 13.8 Å². The first-order valence-corrected chi connectivity index (χ1v) is 7.00. The average molecular weight is 267 g/mol. The zero-order valence-corrected chi connectivity index (χ0v) is 12.4. The normalized spacial score (nSPS) is 10.3. The SMILES string of the molecule is C=Nc1cc(CC)cc(-c2cccc(CC)c2)c1OC. The maximum atomic E-state index is 5.56. The van der Waals surface area contributed by atoms with E-state index in [2.05, 4.69) is 55.9 Å². The molecule has 2 nitrogen and oxygen atoms in total. The van der Waals surface area contributed by atoms with Crippen LogP contribution in [0.25, 0.3) is 11.1 Å². The van der Waals surface area contributed by atoms with Crippen LogP contribution in [-0.2, 0) is 12.8 Å². The largest absolute Gasteiger partial charge is 0.494 e. The fourth-order valence-electron chi connectivity index (χ4n) is 2.38. The minimum Gasteiger partial charge on any atom is -0.494 e. The van der Waals surface area contributed by atoms with Crippen molar-refractivity contribution in [2.24, 2.45) is 4.99 Å². The van der Waals surface area contributed by atoms with Crippen LogP contribution in [0.3, 0.4) is 0 Å². The molecule has 0 fully saturated rings. The van der Waals surface area contributed by atoms with E-state index in [1.807, 2.05) is 6.07 Å². The van der Waals surface area contributed by atoms with Crippen molar-refractivity contribution in [1.82, 2.24) is 0 Å². The number of methoxy groups -OCH3 is 1. The summed E-state index contributed by atoms with van der Waals surface area (Å²) < 4.78 is 5.56. The van der Waals surface area contributed by atoms with E-state index < -0.39 is 0 Å². The van der Waals surface area contributed by atoms with Crippen LogP contribution in [0.5, 0.6) is 5.75 Å². The van der Waals surface area contributed by atoms with Crippen molar-refractivity contribution in [1.29, 1.82) is 0 Å². The highest BCUT2D eigenvalue weighted by atomic mass is 16.5. The molecule has 2 heteroatoms. The lowest BCUT2D eigenvalue weighted by Gasteiger charge is -2.14. The zero-order chi connectivity index (χ0) is 14.5. The molecule has 2 aromatic carbocycles. The summed E-state index contributed by atoms with van der Waals surface area (Å²) in [5, 5.41) is 0. The van der Waals surface area contributed by atoms with Crippen molar-refractivity contribution in [3.8, 4) is 16.9 Å². The number of hydrogen-bond acceptors (Lipinski definition) is 2. The lowest BCUT2D eigenvalue weighted by Crippen LogP contribution is -1.92. The van der Waals surface area contributed by atoms with Crippen LogP contribution in [0.15, 0.2) is 41.4 Å². The van der Waals surface area contributed by atoms with Gasteiger partial charge in [0, 0.05) is 5.56 Å². The Morgan fingerprint density at radius 1 is 1.05 bits per heavy atom. The topological polar surface area (TPSA) is 21.6 Å². The predicted octanol–water partition coefficient (Wildman–Crippen LogP) is 4.82. The molecular formula is C18H21NO. The average Bonchev–Trinajstić information content (AvgIpc) is 2.53. The highest BCUT2D eigenvalue weighted by Crippen LogP contribution is 2.39. The van der Waals surface area contributed by atoms with Gasteiger partial charge in [-0.25, -0.2) is 0 Å². The van der Waals surface area contributed by atoms with Gasteiger partial charge in [0.05, 0.1) is 7.11 Å². The minimum absolute atomic E-state index is 0.797. The van der Waals surface area contributed by atoms with Gasteiger partial charge in [-0.15, -0.1) is 0 Å². The van der Waals surface area contributed by atoms with Crippen LogP contribution >= 0.6 is 0 Å². The Morgan fingerprint density at radius 3 is 2.40 bits per heavy atom. The van der Waals surface area contributed by atoms with E-state index in [1.54, 1.807) is 7.11 Å². The van der Waals surface area contributed by atoms with Crippen LogP contribution < -0.4 is 4.74 Å². The van der Waals surface area contributed by atoms with Gasteiger partial charge in [-0.05, 0) is 48.4 Å². The van der Waals surface area contributed by atoms with Gasteiger partial charge in [-0.2, -0.15) is 0 Å². The first-order valence-electron chi connectivity index (χ1n) is 7.00. The van der Waals surface area contributed by atoms with E-state index in [0.717, 1.165) is 29.8 Å². The maximum absolute atomic E-state index is 5.56. The maximum Gasteiger partial charge on any atom is 0.152 e. The Hall–Kier alpha value is -2.09. The Bertz CT molecular complexity index is 617. The molecule has 0 heterocycles. The molecule has 2 aromatic rings. The second kappa shape index (κ2) is 6.38. The number of rotatable bonds is 5. The molecule has 0 aliphatic carbocycles. The first kappa shape index (κ1) is 14.3. The summed E-state index contributed by atoms with van der Waals surface area (Å²) in [6, 6.07) is 12.8. The molecule has 104 valence electrons. The monoisotopic (exact) mass is 267 g/mol. The van der Waals surface area contributed by atoms with Gasteiger partial charge in [0.2, 0.25) is 0 Å². The molecule has 0 unspecified atom stereocenters. The lowest BCUT2D eigenvalue weighted by molar-refractivity contribution is 0.417. The van der Waals surface area contributed by atoms with Gasteiger partial charge in [-0.3, -0.25) is 4.99 Å². The van der Waals surface area contributed by atoms with Crippen molar-refractivity contribution >= 4 is 12.4 Å². The number of hydrogen-bond donors (Lipinski definition) is 0. The quantitative estimate of drug-likeness (QED) is 0.712. The summed E-state index contributed by atoms with van der Waals surface area (Å²) in [4.78, 5) is 4.10. The zero-order valence-electron chi connectivity index (χ0n) is 12.4. The van der Waals surface area contributed by atoms with E-state index in [4.69, 9.17) is 4.74 Å². The summed E-state index contributed by atoms with van der Waals surface area (Å²) in [6.07, 6.45) is 1.99. The molecule has 0 aliphatic rings. The molecule has 0 amide bonds. The highest BCUT2D eigenvalue weighted by Gasteiger charge is 2.12. The second-order valence-electron chi connectivity index (χ2n) is 4.76. The van der Waals surface area contributed by atoms with Crippen molar-refractivity contribution in [3.63, 3.8) is 0 Å². The molecule has 0 aliphatic heterocycles. The first-order chi connectivity index (χ1) is 9.73. The number of nitrogens with zero attached hydrogens (tertiary/aromatic N) is 1. The highest BCUT2D eigenvalue weighted by molar-refractivity contribution is 5.79. The summed E-state index contributed by atoms with van der Waals surface area (Å²) in [7, 11) is 1.68. The third kappa shape index (κ3) is 2.74. The van der Waals surface area contributed by atoms with Crippen LogP contribution in [0.4, 0.5) is 5.69 Å². The second-order valence-corrected chi connectivity index (χ2v) is 4.76. The standard InChI is InChI=1S/C18H21NO/c1-5-13-8-7-9-15(10-13)16-11-14(6-2)12-17(19-3)18(16)20-4/h7-12H,3,5-6H2,1-2,4H3. The molecule has 0 atom stereocenters.